The van der Waals surface area contributed by atoms with Crippen LogP contribution in [0.2, 0.25) is 0 Å². The van der Waals surface area contributed by atoms with Crippen molar-refractivity contribution in [3.63, 3.8) is 0 Å². The summed E-state index contributed by atoms with van der Waals surface area (Å²) in [6.45, 7) is 2.92. The summed E-state index contributed by atoms with van der Waals surface area (Å²) in [6.07, 6.45) is -4.52. The van der Waals surface area contributed by atoms with Gasteiger partial charge >= 0.3 is 12.4 Å². The summed E-state index contributed by atoms with van der Waals surface area (Å²) in [5, 5.41) is 0. The second-order valence-electron chi connectivity index (χ2n) is 9.65. The van der Waals surface area contributed by atoms with Crippen molar-refractivity contribution in [3.8, 4) is 0 Å². The van der Waals surface area contributed by atoms with Gasteiger partial charge in [0.2, 0.25) is 0 Å². The zero-order chi connectivity index (χ0) is 24.4. The third-order valence-corrected chi connectivity index (χ3v) is 6.93. The Morgan fingerprint density at radius 2 is 1.50 bits per heavy atom. The summed E-state index contributed by atoms with van der Waals surface area (Å²) in [5.41, 5.74) is -1.99. The molecule has 0 amide bonds. The van der Waals surface area contributed by atoms with E-state index in [0.717, 1.165) is 62.5 Å². The number of benzene rings is 2. The number of ether oxygens (including phenoxy) is 1. The SMILES string of the molecule is FC(F)(F)c1cc(COC[C@@]2(c3ccccc3)CCCN(CC3CC3)CC2)cc(C(F)(F)F)c1. The van der Waals surface area contributed by atoms with E-state index in [-0.39, 0.29) is 30.3 Å². The summed E-state index contributed by atoms with van der Waals surface area (Å²) < 4.78 is 85.1. The van der Waals surface area contributed by atoms with Gasteiger partial charge in [0.15, 0.2) is 0 Å². The molecule has 1 aliphatic carbocycles. The molecule has 1 heterocycles. The molecule has 186 valence electrons. The van der Waals surface area contributed by atoms with Gasteiger partial charge in [-0.2, -0.15) is 26.3 Å². The van der Waals surface area contributed by atoms with Gasteiger partial charge in [-0.15, -0.1) is 0 Å². The van der Waals surface area contributed by atoms with Crippen LogP contribution in [-0.4, -0.2) is 31.1 Å². The molecule has 1 aliphatic heterocycles. The lowest BCUT2D eigenvalue weighted by Gasteiger charge is -2.33. The second kappa shape index (κ2) is 9.90. The highest BCUT2D eigenvalue weighted by Gasteiger charge is 2.38. The molecular formula is C26H29F6NO. The van der Waals surface area contributed by atoms with Gasteiger partial charge in [0.25, 0.3) is 0 Å². The van der Waals surface area contributed by atoms with E-state index in [2.05, 4.69) is 4.90 Å². The molecule has 1 saturated heterocycles. The number of likely N-dealkylation sites (tertiary alicyclic amines) is 1. The molecule has 0 bridgehead atoms. The Bertz CT molecular complexity index is 922. The average Bonchev–Trinajstić information content (AvgIpc) is 3.62. The first-order chi connectivity index (χ1) is 16.1. The molecule has 2 nitrogen and oxygen atoms in total. The number of alkyl halides is 6. The molecule has 34 heavy (non-hydrogen) atoms. The van der Waals surface area contributed by atoms with Crippen LogP contribution in [0.4, 0.5) is 26.3 Å². The van der Waals surface area contributed by atoms with Crippen LogP contribution in [0.15, 0.2) is 48.5 Å². The Hall–Kier alpha value is -2.06. The van der Waals surface area contributed by atoms with Gasteiger partial charge < -0.3 is 9.64 Å². The van der Waals surface area contributed by atoms with Gasteiger partial charge in [-0.25, -0.2) is 0 Å². The minimum atomic E-state index is -4.87. The maximum atomic E-state index is 13.2. The molecule has 0 unspecified atom stereocenters. The van der Waals surface area contributed by atoms with Crippen molar-refractivity contribution in [1.29, 1.82) is 0 Å². The van der Waals surface area contributed by atoms with Gasteiger partial charge in [-0.3, -0.25) is 0 Å². The molecule has 1 saturated carbocycles. The average molecular weight is 486 g/mol. The lowest BCUT2D eigenvalue weighted by atomic mass is 9.75. The van der Waals surface area contributed by atoms with E-state index in [4.69, 9.17) is 4.74 Å². The van der Waals surface area contributed by atoms with E-state index in [1.54, 1.807) is 0 Å². The number of hydrogen-bond donors (Lipinski definition) is 0. The molecule has 2 aromatic carbocycles. The number of rotatable bonds is 7. The minimum Gasteiger partial charge on any atom is -0.376 e. The molecule has 1 atom stereocenters. The minimum absolute atomic E-state index is 0.130. The van der Waals surface area contributed by atoms with Crippen LogP contribution < -0.4 is 0 Å². The van der Waals surface area contributed by atoms with Crippen LogP contribution in [0.25, 0.3) is 0 Å². The topological polar surface area (TPSA) is 12.5 Å². The largest absolute Gasteiger partial charge is 0.416 e. The zero-order valence-corrected chi connectivity index (χ0v) is 18.9. The van der Waals surface area contributed by atoms with Crippen molar-refractivity contribution in [2.24, 2.45) is 5.92 Å². The normalized spacial score (nSPS) is 22.5. The van der Waals surface area contributed by atoms with Crippen molar-refractivity contribution in [3.05, 3.63) is 70.8 Å². The standard InChI is InChI=1S/C26H29F6NO/c27-25(28,29)22-13-20(14-23(15-22)26(30,31)32)17-34-18-24(21-5-2-1-3-6-21)9-4-11-33(12-10-24)16-19-7-8-19/h1-3,5-6,13-15,19H,4,7-12,16-18H2/t24-/m1/s1. The van der Waals surface area contributed by atoms with Crippen LogP contribution >= 0.6 is 0 Å². The van der Waals surface area contributed by atoms with Crippen LogP contribution in [0.5, 0.6) is 0 Å². The fraction of sp³-hybridized carbons (Fsp3) is 0.538. The zero-order valence-electron chi connectivity index (χ0n) is 18.9. The second-order valence-corrected chi connectivity index (χ2v) is 9.65. The predicted octanol–water partition coefficient (Wildman–Crippen LogP) is 7.07. The molecule has 8 heteroatoms. The third-order valence-electron chi connectivity index (χ3n) is 6.93. The van der Waals surface area contributed by atoms with Crippen LogP contribution in [0.1, 0.15) is 54.4 Å². The summed E-state index contributed by atoms with van der Waals surface area (Å²) >= 11 is 0. The maximum Gasteiger partial charge on any atom is 0.416 e. The van der Waals surface area contributed by atoms with Gasteiger partial charge in [-0.05, 0) is 80.4 Å². The van der Waals surface area contributed by atoms with Crippen LogP contribution in [0, 0.1) is 5.92 Å². The molecule has 0 spiro atoms. The summed E-state index contributed by atoms with van der Waals surface area (Å²) in [7, 11) is 0. The molecule has 0 N–H and O–H groups in total. The Morgan fingerprint density at radius 3 is 2.09 bits per heavy atom. The smallest absolute Gasteiger partial charge is 0.376 e. The van der Waals surface area contributed by atoms with Crippen molar-refractivity contribution >= 4 is 0 Å². The van der Waals surface area contributed by atoms with Gasteiger partial charge in [0.1, 0.15) is 0 Å². The molecule has 4 rings (SSSR count). The summed E-state index contributed by atoms with van der Waals surface area (Å²) in [5.74, 6) is 0.782. The lowest BCUT2D eigenvalue weighted by molar-refractivity contribution is -0.143. The molecule has 0 aromatic heterocycles. The Morgan fingerprint density at radius 1 is 0.853 bits per heavy atom. The van der Waals surface area contributed by atoms with Gasteiger partial charge in [0, 0.05) is 12.0 Å². The Labute approximate surface area is 195 Å². The first-order valence-corrected chi connectivity index (χ1v) is 11.7. The lowest BCUT2D eigenvalue weighted by Crippen LogP contribution is -2.34. The quantitative estimate of drug-likeness (QED) is 0.389. The first-order valence-electron chi connectivity index (χ1n) is 11.7. The van der Waals surface area contributed by atoms with Crippen molar-refractivity contribution < 1.29 is 31.1 Å². The van der Waals surface area contributed by atoms with Crippen molar-refractivity contribution in [1.82, 2.24) is 4.90 Å². The monoisotopic (exact) mass is 485 g/mol. The van der Waals surface area contributed by atoms with E-state index in [9.17, 15) is 26.3 Å². The fourth-order valence-corrected chi connectivity index (χ4v) is 4.87. The molecular weight excluding hydrogens is 456 g/mol. The summed E-state index contributed by atoms with van der Waals surface area (Å²) in [6, 6.07) is 11.5. The maximum absolute atomic E-state index is 13.2. The van der Waals surface area contributed by atoms with Crippen LogP contribution in [-0.2, 0) is 29.1 Å². The number of nitrogens with zero attached hydrogens (tertiary/aromatic N) is 1. The molecule has 2 aromatic rings. The highest BCUT2D eigenvalue weighted by molar-refractivity contribution is 5.33. The highest BCUT2D eigenvalue weighted by Crippen LogP contribution is 2.39. The van der Waals surface area contributed by atoms with Crippen molar-refractivity contribution in [2.75, 3.05) is 26.2 Å². The van der Waals surface area contributed by atoms with Gasteiger partial charge in [-0.1, -0.05) is 30.3 Å². The molecule has 2 aliphatic rings. The fourth-order valence-electron chi connectivity index (χ4n) is 4.87. The van der Waals surface area contributed by atoms with Crippen LogP contribution in [0.3, 0.4) is 0 Å². The van der Waals surface area contributed by atoms with E-state index < -0.39 is 23.5 Å². The third kappa shape index (κ3) is 6.33. The first kappa shape index (κ1) is 25.0. The van der Waals surface area contributed by atoms with E-state index in [1.165, 1.54) is 12.8 Å². The molecule has 0 radical (unpaired) electrons. The number of halogens is 6. The Kier molecular flexibility index (Phi) is 7.29. The summed E-state index contributed by atoms with van der Waals surface area (Å²) in [4.78, 5) is 2.48. The Balaban J connectivity index is 1.51. The molecule has 2 fully saturated rings. The highest BCUT2D eigenvalue weighted by atomic mass is 19.4. The van der Waals surface area contributed by atoms with Gasteiger partial charge in [0.05, 0.1) is 24.3 Å². The number of hydrogen-bond acceptors (Lipinski definition) is 2. The van der Waals surface area contributed by atoms with E-state index >= 15 is 0 Å². The van der Waals surface area contributed by atoms with E-state index in [0.29, 0.717) is 0 Å². The van der Waals surface area contributed by atoms with E-state index in [1.807, 2.05) is 30.3 Å². The van der Waals surface area contributed by atoms with Crippen molar-refractivity contribution in [2.45, 2.75) is 56.5 Å². The predicted molar refractivity (Wildman–Crippen MR) is 117 cm³/mol.